The van der Waals surface area contributed by atoms with E-state index < -0.39 is 0 Å². The third-order valence-electron chi connectivity index (χ3n) is 4.42. The van der Waals surface area contributed by atoms with E-state index in [1.54, 1.807) is 19.1 Å². The summed E-state index contributed by atoms with van der Waals surface area (Å²) in [5.41, 5.74) is 2.64. The topological polar surface area (TPSA) is 94.0 Å². The van der Waals surface area contributed by atoms with Crippen LogP contribution in [0.1, 0.15) is 42.6 Å². The molecular formula is C21H20N4O3. The second-order valence-corrected chi connectivity index (χ2v) is 7.65. The molecule has 0 radical (unpaired) electrons. The molecule has 1 amide bonds. The van der Waals surface area contributed by atoms with Crippen LogP contribution in [0.5, 0.6) is 0 Å². The highest BCUT2D eigenvalue weighted by Crippen LogP contribution is 2.28. The fraction of sp³-hybridized carbons (Fsp3) is 0.238. The third-order valence-corrected chi connectivity index (χ3v) is 4.42. The summed E-state index contributed by atoms with van der Waals surface area (Å²) in [5, 5.41) is 11.3. The Morgan fingerprint density at radius 3 is 2.46 bits per heavy atom. The first-order chi connectivity index (χ1) is 13.3. The SMILES string of the molecule is Cc1noc2nc(-c3ccccc3)cc(C(=O)Nc3cc(C(C)(C)C)on3)c12. The predicted molar refractivity (Wildman–Crippen MR) is 105 cm³/mol. The van der Waals surface area contributed by atoms with Crippen molar-refractivity contribution in [2.24, 2.45) is 0 Å². The van der Waals surface area contributed by atoms with Crippen LogP contribution in [0, 0.1) is 6.92 Å². The summed E-state index contributed by atoms with van der Waals surface area (Å²) < 4.78 is 10.7. The molecule has 3 heterocycles. The van der Waals surface area contributed by atoms with Crippen molar-refractivity contribution >= 4 is 22.8 Å². The van der Waals surface area contributed by atoms with Crippen molar-refractivity contribution in [2.75, 3.05) is 5.32 Å². The van der Waals surface area contributed by atoms with Gasteiger partial charge in [-0.1, -0.05) is 61.4 Å². The van der Waals surface area contributed by atoms with E-state index in [9.17, 15) is 4.79 Å². The number of aromatic nitrogens is 3. The van der Waals surface area contributed by atoms with Gasteiger partial charge >= 0.3 is 0 Å². The average Bonchev–Trinajstić information content (AvgIpc) is 3.29. The minimum atomic E-state index is -0.329. The smallest absolute Gasteiger partial charge is 0.259 e. The molecule has 0 saturated carbocycles. The molecule has 7 nitrogen and oxygen atoms in total. The van der Waals surface area contributed by atoms with Gasteiger partial charge in [-0.05, 0) is 13.0 Å². The summed E-state index contributed by atoms with van der Waals surface area (Å²) in [5.74, 6) is 0.716. The van der Waals surface area contributed by atoms with Crippen LogP contribution in [0.25, 0.3) is 22.4 Å². The van der Waals surface area contributed by atoms with Gasteiger partial charge in [0.15, 0.2) is 5.82 Å². The van der Waals surface area contributed by atoms with E-state index in [1.165, 1.54) is 0 Å². The van der Waals surface area contributed by atoms with Crippen LogP contribution in [0.3, 0.4) is 0 Å². The van der Waals surface area contributed by atoms with E-state index in [2.05, 4.69) is 20.6 Å². The monoisotopic (exact) mass is 376 g/mol. The Labute approximate surface area is 161 Å². The number of aryl methyl sites for hydroxylation is 1. The molecule has 0 aliphatic heterocycles. The van der Waals surface area contributed by atoms with E-state index in [0.29, 0.717) is 39.6 Å². The van der Waals surface area contributed by atoms with E-state index >= 15 is 0 Å². The lowest BCUT2D eigenvalue weighted by Crippen LogP contribution is -2.13. The summed E-state index contributed by atoms with van der Waals surface area (Å²) in [6.07, 6.45) is 0. The first-order valence-corrected chi connectivity index (χ1v) is 8.94. The molecule has 4 rings (SSSR count). The van der Waals surface area contributed by atoms with Crippen molar-refractivity contribution in [1.29, 1.82) is 0 Å². The molecule has 0 bridgehead atoms. The number of pyridine rings is 1. The zero-order chi connectivity index (χ0) is 19.9. The first kappa shape index (κ1) is 17.9. The number of nitrogens with one attached hydrogen (secondary N) is 1. The third kappa shape index (κ3) is 3.26. The van der Waals surface area contributed by atoms with Crippen LogP contribution in [0.15, 0.2) is 51.5 Å². The zero-order valence-electron chi connectivity index (χ0n) is 16.1. The Morgan fingerprint density at radius 1 is 1.04 bits per heavy atom. The number of anilines is 1. The van der Waals surface area contributed by atoms with E-state index in [4.69, 9.17) is 9.05 Å². The average molecular weight is 376 g/mol. The molecule has 0 unspecified atom stereocenters. The highest BCUT2D eigenvalue weighted by Gasteiger charge is 2.23. The molecule has 0 aliphatic carbocycles. The van der Waals surface area contributed by atoms with E-state index in [0.717, 1.165) is 5.56 Å². The van der Waals surface area contributed by atoms with Gasteiger partial charge in [0.2, 0.25) is 0 Å². The van der Waals surface area contributed by atoms with Gasteiger partial charge in [-0.3, -0.25) is 4.79 Å². The molecule has 0 fully saturated rings. The van der Waals surface area contributed by atoms with Crippen LogP contribution in [-0.4, -0.2) is 21.2 Å². The number of hydrogen-bond acceptors (Lipinski definition) is 6. The van der Waals surface area contributed by atoms with Crippen LogP contribution < -0.4 is 5.32 Å². The maximum atomic E-state index is 13.0. The molecule has 28 heavy (non-hydrogen) atoms. The lowest BCUT2D eigenvalue weighted by molar-refractivity contribution is 0.102. The maximum absolute atomic E-state index is 13.0. The van der Waals surface area contributed by atoms with E-state index in [1.807, 2.05) is 51.1 Å². The Morgan fingerprint density at radius 2 is 1.79 bits per heavy atom. The molecule has 0 saturated heterocycles. The summed E-state index contributed by atoms with van der Waals surface area (Å²) >= 11 is 0. The van der Waals surface area contributed by atoms with Crippen molar-refractivity contribution in [3.8, 4) is 11.3 Å². The van der Waals surface area contributed by atoms with Gasteiger partial charge in [-0.15, -0.1) is 0 Å². The fourth-order valence-corrected chi connectivity index (χ4v) is 2.90. The lowest BCUT2D eigenvalue weighted by Gasteiger charge is -2.12. The highest BCUT2D eigenvalue weighted by atomic mass is 16.5. The second-order valence-electron chi connectivity index (χ2n) is 7.65. The predicted octanol–water partition coefficient (Wildman–Crippen LogP) is 4.74. The first-order valence-electron chi connectivity index (χ1n) is 8.94. The number of fused-ring (bicyclic) bond motifs is 1. The number of carbonyl (C=O) groups is 1. The number of benzene rings is 1. The second kappa shape index (κ2) is 6.60. The van der Waals surface area contributed by atoms with Gasteiger partial charge in [0.25, 0.3) is 11.6 Å². The fourth-order valence-electron chi connectivity index (χ4n) is 2.90. The molecule has 0 atom stereocenters. The Bertz CT molecular complexity index is 1150. The number of amides is 1. The zero-order valence-corrected chi connectivity index (χ0v) is 16.1. The molecule has 0 aliphatic rings. The van der Waals surface area contributed by atoms with Crippen molar-refractivity contribution < 1.29 is 13.8 Å². The van der Waals surface area contributed by atoms with Gasteiger partial charge in [-0.2, -0.15) is 0 Å². The number of rotatable bonds is 3. The van der Waals surface area contributed by atoms with Crippen molar-refractivity contribution in [1.82, 2.24) is 15.3 Å². The van der Waals surface area contributed by atoms with Crippen LogP contribution in [0.2, 0.25) is 0 Å². The summed E-state index contributed by atoms with van der Waals surface area (Å²) in [6, 6.07) is 13.1. The Kier molecular flexibility index (Phi) is 4.22. The van der Waals surface area contributed by atoms with E-state index in [-0.39, 0.29) is 11.3 Å². The number of nitrogens with zero attached hydrogens (tertiary/aromatic N) is 3. The number of carbonyl (C=O) groups excluding carboxylic acids is 1. The van der Waals surface area contributed by atoms with Crippen LogP contribution >= 0.6 is 0 Å². The molecule has 7 heteroatoms. The summed E-state index contributed by atoms with van der Waals surface area (Å²) in [4.78, 5) is 17.5. The summed E-state index contributed by atoms with van der Waals surface area (Å²) in [7, 11) is 0. The van der Waals surface area contributed by atoms with Crippen molar-refractivity contribution in [3.63, 3.8) is 0 Å². The van der Waals surface area contributed by atoms with Gasteiger partial charge in [-0.25, -0.2) is 4.98 Å². The van der Waals surface area contributed by atoms with Crippen LogP contribution in [0.4, 0.5) is 5.82 Å². The summed E-state index contributed by atoms with van der Waals surface area (Å²) in [6.45, 7) is 7.81. The standard InChI is InChI=1S/C21H20N4O3/c1-12-18-14(19(26)23-17-11-16(27-25-17)21(2,3)4)10-15(22-20(18)28-24-12)13-8-6-5-7-9-13/h5-11H,1-4H3,(H,23,25,26). The quantitative estimate of drug-likeness (QED) is 0.555. The van der Waals surface area contributed by atoms with Crippen LogP contribution in [-0.2, 0) is 5.41 Å². The minimum Gasteiger partial charge on any atom is -0.359 e. The molecule has 0 spiro atoms. The number of hydrogen-bond donors (Lipinski definition) is 1. The minimum absolute atomic E-state index is 0.203. The largest absolute Gasteiger partial charge is 0.359 e. The Balaban J connectivity index is 1.75. The highest BCUT2D eigenvalue weighted by molar-refractivity contribution is 6.12. The normalized spacial score (nSPS) is 11.7. The molecule has 4 aromatic rings. The molecule has 1 aromatic carbocycles. The van der Waals surface area contributed by atoms with Crippen molar-refractivity contribution in [2.45, 2.75) is 33.1 Å². The van der Waals surface area contributed by atoms with Gasteiger partial charge in [0.1, 0.15) is 5.76 Å². The van der Waals surface area contributed by atoms with Crippen molar-refractivity contribution in [3.05, 3.63) is 59.5 Å². The molecular weight excluding hydrogens is 356 g/mol. The maximum Gasteiger partial charge on any atom is 0.259 e. The van der Waals surface area contributed by atoms with Gasteiger partial charge in [0, 0.05) is 17.0 Å². The van der Waals surface area contributed by atoms with Gasteiger partial charge < -0.3 is 14.4 Å². The molecule has 3 aromatic heterocycles. The molecule has 142 valence electrons. The Hall–Kier alpha value is -3.48. The lowest BCUT2D eigenvalue weighted by atomic mass is 9.93. The molecule has 1 N–H and O–H groups in total. The van der Waals surface area contributed by atoms with Gasteiger partial charge in [0.05, 0.1) is 22.3 Å².